The highest BCUT2D eigenvalue weighted by atomic mass is 16.1. The third-order valence-corrected chi connectivity index (χ3v) is 4.92. The van der Waals surface area contributed by atoms with Crippen LogP contribution in [0.1, 0.15) is 59.2 Å². The van der Waals surface area contributed by atoms with Crippen LogP contribution in [0.4, 0.5) is 0 Å². The van der Waals surface area contributed by atoms with Gasteiger partial charge in [-0.25, -0.2) is 0 Å². The second kappa shape index (κ2) is 6.91. The fourth-order valence-corrected chi connectivity index (χ4v) is 3.64. The molecule has 2 heteroatoms. The number of Topliss-reactive ketones (excluding diaryl/α,β-unsaturated/α-hetero) is 2. The maximum absolute atomic E-state index is 13.1. The third kappa shape index (κ3) is 3.42. The molecule has 0 N–H and O–H groups in total. The van der Waals surface area contributed by atoms with Crippen molar-refractivity contribution >= 4 is 11.6 Å². The lowest BCUT2D eigenvalue weighted by Gasteiger charge is -2.35. The zero-order chi connectivity index (χ0) is 16.1. The quantitative estimate of drug-likeness (QED) is 0.721. The van der Waals surface area contributed by atoms with E-state index in [0.717, 1.165) is 37.7 Å². The smallest absolute Gasteiger partial charge is 0.169 e. The van der Waals surface area contributed by atoms with Gasteiger partial charge in [-0.1, -0.05) is 79.9 Å². The van der Waals surface area contributed by atoms with Crippen molar-refractivity contribution in [1.82, 2.24) is 0 Å². The number of hydrogen-bond donors (Lipinski definition) is 0. The minimum Gasteiger partial charge on any atom is -0.294 e. The summed E-state index contributed by atoms with van der Waals surface area (Å²) >= 11 is 0. The van der Waals surface area contributed by atoms with E-state index in [1.165, 1.54) is 0 Å². The zero-order valence-corrected chi connectivity index (χ0v) is 13.3. The number of carbonyl (C=O) groups excluding carboxylic acids is 2. The topological polar surface area (TPSA) is 34.1 Å². The van der Waals surface area contributed by atoms with Crippen LogP contribution in [-0.4, -0.2) is 11.6 Å². The summed E-state index contributed by atoms with van der Waals surface area (Å²) in [6.07, 6.45) is 5.17. The van der Waals surface area contributed by atoms with Crippen LogP contribution in [0, 0.1) is 5.41 Å². The first-order valence-corrected chi connectivity index (χ1v) is 8.39. The minimum absolute atomic E-state index is 0.0804. The molecule has 0 saturated heterocycles. The summed E-state index contributed by atoms with van der Waals surface area (Å²) in [5.41, 5.74) is 0.917. The molecule has 1 fully saturated rings. The summed E-state index contributed by atoms with van der Waals surface area (Å²) in [6, 6.07) is 18.8. The Morgan fingerprint density at radius 3 is 1.83 bits per heavy atom. The number of ketones is 2. The Balaban J connectivity index is 1.88. The Morgan fingerprint density at radius 1 is 0.739 bits per heavy atom. The molecular weight excluding hydrogens is 284 g/mol. The van der Waals surface area contributed by atoms with E-state index < -0.39 is 5.41 Å². The van der Waals surface area contributed by atoms with Gasteiger partial charge in [-0.2, -0.15) is 0 Å². The molecule has 0 atom stereocenters. The predicted octanol–water partition coefficient (Wildman–Crippen LogP) is 5.09. The standard InChI is InChI=1S/C21H22O2/c22-19(17-10-4-1-5-11-17)16-21(14-8-3-9-15-21)20(23)18-12-6-2-7-13-18/h1-2,4-7,10-13H,3,8-9,14-16H2. The van der Waals surface area contributed by atoms with E-state index in [1.807, 2.05) is 60.7 Å². The monoisotopic (exact) mass is 306 g/mol. The van der Waals surface area contributed by atoms with E-state index in [1.54, 1.807) is 0 Å². The average molecular weight is 306 g/mol. The van der Waals surface area contributed by atoms with Crippen LogP contribution in [0.2, 0.25) is 0 Å². The molecule has 2 aromatic rings. The lowest BCUT2D eigenvalue weighted by Crippen LogP contribution is -2.36. The van der Waals surface area contributed by atoms with Crippen LogP contribution in [0.5, 0.6) is 0 Å². The third-order valence-electron chi connectivity index (χ3n) is 4.92. The fraction of sp³-hybridized carbons (Fsp3) is 0.333. The molecule has 1 aliphatic carbocycles. The van der Waals surface area contributed by atoms with E-state index in [-0.39, 0.29) is 11.6 Å². The lowest BCUT2D eigenvalue weighted by molar-refractivity contribution is 0.0639. The van der Waals surface area contributed by atoms with Crippen molar-refractivity contribution in [2.24, 2.45) is 5.41 Å². The summed E-state index contributed by atoms with van der Waals surface area (Å²) in [5.74, 6) is 0.221. The second-order valence-electron chi connectivity index (χ2n) is 6.50. The summed E-state index contributed by atoms with van der Waals surface area (Å²) < 4.78 is 0. The molecule has 0 aromatic heterocycles. The number of benzene rings is 2. The minimum atomic E-state index is -0.521. The summed E-state index contributed by atoms with van der Waals surface area (Å²) in [4.78, 5) is 25.8. The molecule has 0 spiro atoms. The van der Waals surface area contributed by atoms with E-state index in [2.05, 4.69) is 0 Å². The molecule has 0 aliphatic heterocycles. The molecule has 3 rings (SSSR count). The first-order chi connectivity index (χ1) is 11.2. The van der Waals surface area contributed by atoms with Gasteiger partial charge in [0.05, 0.1) is 0 Å². The molecule has 0 radical (unpaired) electrons. The van der Waals surface area contributed by atoms with Gasteiger partial charge < -0.3 is 0 Å². The molecule has 1 aliphatic rings. The Hall–Kier alpha value is -2.22. The Kier molecular flexibility index (Phi) is 4.71. The zero-order valence-electron chi connectivity index (χ0n) is 13.3. The molecule has 23 heavy (non-hydrogen) atoms. The van der Waals surface area contributed by atoms with Crippen molar-refractivity contribution < 1.29 is 9.59 Å². The summed E-state index contributed by atoms with van der Waals surface area (Å²) in [6.45, 7) is 0. The highest BCUT2D eigenvalue weighted by Crippen LogP contribution is 2.42. The Morgan fingerprint density at radius 2 is 1.26 bits per heavy atom. The van der Waals surface area contributed by atoms with Crippen molar-refractivity contribution in [3.8, 4) is 0 Å². The first-order valence-electron chi connectivity index (χ1n) is 8.39. The summed E-state index contributed by atoms with van der Waals surface area (Å²) in [7, 11) is 0. The molecule has 0 unspecified atom stereocenters. The number of hydrogen-bond acceptors (Lipinski definition) is 2. The van der Waals surface area contributed by atoms with E-state index >= 15 is 0 Å². The molecule has 1 saturated carbocycles. The Labute approximate surface area is 137 Å². The lowest BCUT2D eigenvalue weighted by atomic mass is 9.66. The van der Waals surface area contributed by atoms with E-state index in [4.69, 9.17) is 0 Å². The maximum Gasteiger partial charge on any atom is 0.169 e. The van der Waals surface area contributed by atoms with Crippen LogP contribution in [0.15, 0.2) is 60.7 Å². The molecular formula is C21H22O2. The number of carbonyl (C=O) groups is 2. The molecule has 0 heterocycles. The van der Waals surface area contributed by atoms with Crippen molar-refractivity contribution in [1.29, 1.82) is 0 Å². The van der Waals surface area contributed by atoms with Gasteiger partial charge in [0.25, 0.3) is 0 Å². The predicted molar refractivity (Wildman–Crippen MR) is 91.7 cm³/mol. The summed E-state index contributed by atoms with van der Waals surface area (Å²) in [5, 5.41) is 0. The van der Waals surface area contributed by atoms with Gasteiger partial charge in [0.1, 0.15) is 0 Å². The van der Waals surface area contributed by atoms with Gasteiger partial charge in [-0.05, 0) is 12.8 Å². The molecule has 2 nitrogen and oxygen atoms in total. The normalized spacial score (nSPS) is 16.7. The van der Waals surface area contributed by atoms with E-state index in [0.29, 0.717) is 12.0 Å². The molecule has 2 aromatic carbocycles. The SMILES string of the molecule is O=C(CC1(C(=O)c2ccccc2)CCCCC1)c1ccccc1. The largest absolute Gasteiger partial charge is 0.294 e. The van der Waals surface area contributed by atoms with Crippen LogP contribution >= 0.6 is 0 Å². The van der Waals surface area contributed by atoms with Crippen LogP contribution in [0.25, 0.3) is 0 Å². The first kappa shape index (κ1) is 15.7. The molecule has 118 valence electrons. The van der Waals surface area contributed by atoms with Crippen molar-refractivity contribution in [3.05, 3.63) is 71.8 Å². The highest BCUT2D eigenvalue weighted by molar-refractivity contribution is 6.05. The second-order valence-corrected chi connectivity index (χ2v) is 6.50. The van der Waals surface area contributed by atoms with Crippen molar-refractivity contribution in [2.75, 3.05) is 0 Å². The molecule has 0 bridgehead atoms. The van der Waals surface area contributed by atoms with Gasteiger partial charge in [0, 0.05) is 23.0 Å². The molecule has 0 amide bonds. The van der Waals surface area contributed by atoms with Crippen LogP contribution < -0.4 is 0 Å². The fourth-order valence-electron chi connectivity index (χ4n) is 3.64. The van der Waals surface area contributed by atoms with E-state index in [9.17, 15) is 9.59 Å². The maximum atomic E-state index is 13.1. The Bertz CT molecular complexity index is 668. The number of rotatable bonds is 5. The van der Waals surface area contributed by atoms with Gasteiger partial charge in [-0.15, -0.1) is 0 Å². The van der Waals surface area contributed by atoms with Crippen LogP contribution in [-0.2, 0) is 0 Å². The van der Waals surface area contributed by atoms with Gasteiger partial charge in [0.15, 0.2) is 11.6 Å². The van der Waals surface area contributed by atoms with Crippen molar-refractivity contribution in [3.63, 3.8) is 0 Å². The van der Waals surface area contributed by atoms with Gasteiger partial charge in [-0.3, -0.25) is 9.59 Å². The van der Waals surface area contributed by atoms with Gasteiger partial charge >= 0.3 is 0 Å². The average Bonchev–Trinajstić information content (AvgIpc) is 2.63. The highest BCUT2D eigenvalue weighted by Gasteiger charge is 2.41. The van der Waals surface area contributed by atoms with Crippen molar-refractivity contribution in [2.45, 2.75) is 38.5 Å². The van der Waals surface area contributed by atoms with Gasteiger partial charge in [0.2, 0.25) is 0 Å². The van der Waals surface area contributed by atoms with Crippen LogP contribution in [0.3, 0.4) is 0 Å².